The van der Waals surface area contributed by atoms with Crippen LogP contribution in [0.3, 0.4) is 0 Å². The van der Waals surface area contributed by atoms with Gasteiger partial charge in [-0.3, -0.25) is 4.79 Å². The minimum Gasteiger partial charge on any atom is -0.346 e. The number of nitrogens with zero attached hydrogens (tertiary/aromatic N) is 2. The molecule has 0 radical (unpaired) electrons. The van der Waals surface area contributed by atoms with Gasteiger partial charge in [0.05, 0.1) is 5.92 Å². The maximum atomic E-state index is 12.5. The number of thiophene rings is 1. The lowest BCUT2D eigenvalue weighted by Gasteiger charge is -2.32. The fraction of sp³-hybridized carbons (Fsp3) is 0.615. The Hall–Kier alpha value is -0.920. The molecule has 1 aliphatic rings. The first-order valence-corrected chi connectivity index (χ1v) is 9.07. The average molecular weight is 316 g/mol. The van der Waals surface area contributed by atoms with Gasteiger partial charge in [0.2, 0.25) is 5.91 Å². The van der Waals surface area contributed by atoms with Gasteiger partial charge in [-0.1, -0.05) is 6.07 Å². The highest BCUT2D eigenvalue weighted by atomic mass is 32.2. The molecular formula is C13H20N2O3S2. The standard InChI is InChI=1S/C13H20N2O3S2/c1-3-14(2)13(16)11-6-4-8-15(10-11)20(17,18)12-7-5-9-19-12/h5,7,9,11H,3-4,6,8,10H2,1-2H3. The topological polar surface area (TPSA) is 57.7 Å². The third-order valence-corrected chi connectivity index (χ3v) is 6.91. The molecule has 0 bridgehead atoms. The molecule has 20 heavy (non-hydrogen) atoms. The fourth-order valence-electron chi connectivity index (χ4n) is 2.37. The van der Waals surface area contributed by atoms with E-state index in [1.165, 1.54) is 15.6 Å². The van der Waals surface area contributed by atoms with Gasteiger partial charge < -0.3 is 4.90 Å². The lowest BCUT2D eigenvalue weighted by molar-refractivity contribution is -0.135. The SMILES string of the molecule is CCN(C)C(=O)C1CCCN(S(=O)(=O)c2cccs2)C1. The van der Waals surface area contributed by atoms with Crippen molar-refractivity contribution in [3.05, 3.63) is 17.5 Å². The van der Waals surface area contributed by atoms with Gasteiger partial charge in [-0.15, -0.1) is 11.3 Å². The zero-order valence-electron chi connectivity index (χ0n) is 11.8. The summed E-state index contributed by atoms with van der Waals surface area (Å²) in [5, 5.41) is 1.75. The highest BCUT2D eigenvalue weighted by molar-refractivity contribution is 7.91. The van der Waals surface area contributed by atoms with Crippen molar-refractivity contribution in [1.82, 2.24) is 9.21 Å². The molecular weight excluding hydrogens is 296 g/mol. The van der Waals surface area contributed by atoms with Crippen LogP contribution in [0.4, 0.5) is 0 Å². The van der Waals surface area contributed by atoms with Crippen LogP contribution in [0.1, 0.15) is 19.8 Å². The summed E-state index contributed by atoms with van der Waals surface area (Å²) >= 11 is 1.22. The molecule has 1 atom stereocenters. The third-order valence-electron chi connectivity index (χ3n) is 3.67. The number of carbonyl (C=O) groups is 1. The number of amides is 1. The molecule has 1 unspecified atom stereocenters. The van der Waals surface area contributed by atoms with Crippen LogP contribution in [0.25, 0.3) is 0 Å². The summed E-state index contributed by atoms with van der Waals surface area (Å²) in [7, 11) is -1.68. The summed E-state index contributed by atoms with van der Waals surface area (Å²) < 4.78 is 26.7. The fourth-order valence-corrected chi connectivity index (χ4v) is 5.04. The molecule has 0 aromatic carbocycles. The van der Waals surface area contributed by atoms with E-state index in [-0.39, 0.29) is 11.8 Å². The molecule has 0 saturated carbocycles. The molecule has 0 aliphatic carbocycles. The summed E-state index contributed by atoms with van der Waals surface area (Å²) in [4.78, 5) is 13.9. The summed E-state index contributed by atoms with van der Waals surface area (Å²) in [6.45, 7) is 3.36. The Bertz CT molecular complexity index is 554. The molecule has 2 heterocycles. The number of hydrogen-bond acceptors (Lipinski definition) is 4. The van der Waals surface area contributed by atoms with Crippen molar-refractivity contribution >= 4 is 27.3 Å². The van der Waals surface area contributed by atoms with E-state index < -0.39 is 10.0 Å². The van der Waals surface area contributed by atoms with Gasteiger partial charge in [-0.2, -0.15) is 4.31 Å². The van der Waals surface area contributed by atoms with E-state index in [1.54, 1.807) is 29.5 Å². The number of rotatable bonds is 4. The van der Waals surface area contributed by atoms with Crippen molar-refractivity contribution in [3.63, 3.8) is 0 Å². The molecule has 0 spiro atoms. The van der Waals surface area contributed by atoms with Crippen molar-refractivity contribution < 1.29 is 13.2 Å². The first kappa shape index (κ1) is 15.5. The lowest BCUT2D eigenvalue weighted by atomic mass is 9.98. The van der Waals surface area contributed by atoms with E-state index in [1.807, 2.05) is 6.92 Å². The summed E-state index contributed by atoms with van der Waals surface area (Å²) in [6.07, 6.45) is 1.50. The zero-order valence-corrected chi connectivity index (χ0v) is 13.4. The Morgan fingerprint density at radius 1 is 1.55 bits per heavy atom. The van der Waals surface area contributed by atoms with Crippen molar-refractivity contribution in [2.75, 3.05) is 26.7 Å². The molecule has 1 aromatic heterocycles. The predicted molar refractivity (Wildman–Crippen MR) is 79.1 cm³/mol. The smallest absolute Gasteiger partial charge is 0.252 e. The Balaban J connectivity index is 2.13. The zero-order chi connectivity index (χ0) is 14.8. The van der Waals surface area contributed by atoms with E-state index >= 15 is 0 Å². The summed E-state index contributed by atoms with van der Waals surface area (Å²) in [6, 6.07) is 3.35. The minimum absolute atomic E-state index is 0.0404. The molecule has 1 aromatic rings. The summed E-state index contributed by atoms with van der Waals surface area (Å²) in [5.41, 5.74) is 0. The Morgan fingerprint density at radius 3 is 2.90 bits per heavy atom. The number of piperidine rings is 1. The number of sulfonamides is 1. The molecule has 112 valence electrons. The van der Waals surface area contributed by atoms with Crippen LogP contribution in [-0.2, 0) is 14.8 Å². The minimum atomic E-state index is -3.44. The van der Waals surface area contributed by atoms with Crippen molar-refractivity contribution in [3.8, 4) is 0 Å². The summed E-state index contributed by atoms with van der Waals surface area (Å²) in [5.74, 6) is -0.179. The average Bonchev–Trinajstić information content (AvgIpc) is 3.00. The van der Waals surface area contributed by atoms with Gasteiger partial charge in [0.15, 0.2) is 0 Å². The van der Waals surface area contributed by atoms with E-state index in [2.05, 4.69) is 0 Å². The van der Waals surface area contributed by atoms with Gasteiger partial charge in [0, 0.05) is 26.7 Å². The van der Waals surface area contributed by atoms with E-state index in [0.717, 1.165) is 12.8 Å². The van der Waals surface area contributed by atoms with Gasteiger partial charge in [-0.25, -0.2) is 8.42 Å². The number of hydrogen-bond donors (Lipinski definition) is 0. The van der Waals surface area contributed by atoms with Crippen molar-refractivity contribution in [1.29, 1.82) is 0 Å². The van der Waals surface area contributed by atoms with E-state index in [4.69, 9.17) is 0 Å². The van der Waals surface area contributed by atoms with Crippen LogP contribution in [0.15, 0.2) is 21.7 Å². The molecule has 1 saturated heterocycles. The quantitative estimate of drug-likeness (QED) is 0.848. The van der Waals surface area contributed by atoms with Crippen molar-refractivity contribution in [2.24, 2.45) is 5.92 Å². The first-order valence-electron chi connectivity index (χ1n) is 6.75. The van der Waals surface area contributed by atoms with Crippen LogP contribution in [0.5, 0.6) is 0 Å². The second kappa shape index (κ2) is 6.24. The molecule has 7 heteroatoms. The molecule has 1 aliphatic heterocycles. The predicted octanol–water partition coefficient (Wildman–Crippen LogP) is 1.63. The Kier molecular flexibility index (Phi) is 4.82. The molecule has 1 fully saturated rings. The van der Waals surface area contributed by atoms with Crippen LogP contribution < -0.4 is 0 Å². The molecule has 1 amide bonds. The van der Waals surface area contributed by atoms with Gasteiger partial charge in [-0.05, 0) is 31.2 Å². The monoisotopic (exact) mass is 316 g/mol. The Labute approximate surface area is 124 Å². The maximum absolute atomic E-state index is 12.5. The lowest BCUT2D eigenvalue weighted by Crippen LogP contribution is -2.45. The third kappa shape index (κ3) is 3.05. The van der Waals surface area contributed by atoms with Crippen LogP contribution in [0, 0.1) is 5.92 Å². The highest BCUT2D eigenvalue weighted by Crippen LogP contribution is 2.26. The van der Waals surface area contributed by atoms with Crippen LogP contribution in [0.2, 0.25) is 0 Å². The number of carbonyl (C=O) groups excluding carboxylic acids is 1. The maximum Gasteiger partial charge on any atom is 0.252 e. The second-order valence-electron chi connectivity index (χ2n) is 4.99. The van der Waals surface area contributed by atoms with E-state index in [0.29, 0.717) is 23.8 Å². The molecule has 0 N–H and O–H groups in total. The van der Waals surface area contributed by atoms with Crippen molar-refractivity contribution in [2.45, 2.75) is 24.0 Å². The normalized spacial score (nSPS) is 20.8. The van der Waals surface area contributed by atoms with Gasteiger partial charge >= 0.3 is 0 Å². The largest absolute Gasteiger partial charge is 0.346 e. The van der Waals surface area contributed by atoms with E-state index in [9.17, 15) is 13.2 Å². The van der Waals surface area contributed by atoms with Crippen LogP contribution in [-0.4, -0.2) is 50.2 Å². The first-order chi connectivity index (χ1) is 9.46. The van der Waals surface area contributed by atoms with Gasteiger partial charge in [0.1, 0.15) is 4.21 Å². The molecule has 5 nitrogen and oxygen atoms in total. The van der Waals surface area contributed by atoms with Crippen LogP contribution >= 0.6 is 11.3 Å². The Morgan fingerprint density at radius 2 is 2.30 bits per heavy atom. The highest BCUT2D eigenvalue weighted by Gasteiger charge is 2.34. The molecule has 2 rings (SSSR count). The second-order valence-corrected chi connectivity index (χ2v) is 8.10. The van der Waals surface area contributed by atoms with Gasteiger partial charge in [0.25, 0.3) is 10.0 Å².